The second kappa shape index (κ2) is 10.2. The Balaban J connectivity index is 1.79. The molecule has 1 aromatic rings. The normalized spacial score (nSPS) is 21.8. The fourth-order valence-corrected chi connectivity index (χ4v) is 3.68. The number of nitrogens with one attached hydrogen (secondary N) is 2. The van der Waals surface area contributed by atoms with Crippen molar-refractivity contribution in [3.63, 3.8) is 0 Å². The van der Waals surface area contributed by atoms with Gasteiger partial charge in [-0.15, -0.1) is 0 Å². The Bertz CT molecular complexity index is 452. The molecule has 0 atom stereocenters. The highest BCUT2D eigenvalue weighted by Gasteiger charge is 2.25. The first-order valence-electron chi connectivity index (χ1n) is 9.57. The van der Waals surface area contributed by atoms with Crippen molar-refractivity contribution in [3.8, 4) is 0 Å². The van der Waals surface area contributed by atoms with Crippen molar-refractivity contribution in [1.29, 1.82) is 0 Å². The molecule has 2 N–H and O–H groups in total. The van der Waals surface area contributed by atoms with Crippen molar-refractivity contribution in [3.05, 3.63) is 17.5 Å². The van der Waals surface area contributed by atoms with Crippen LogP contribution in [0.3, 0.4) is 0 Å². The molecule has 5 heteroatoms. The SMILES string of the molecule is CNCCN(C)Cc1cn[nH]c1C1CCC(CCOC(C)C)CC1. The average molecular weight is 337 g/mol. The molecule has 0 saturated heterocycles. The summed E-state index contributed by atoms with van der Waals surface area (Å²) in [7, 11) is 4.18. The Hall–Kier alpha value is -0.910. The maximum absolute atomic E-state index is 5.71. The lowest BCUT2D eigenvalue weighted by Crippen LogP contribution is -2.27. The van der Waals surface area contributed by atoms with Gasteiger partial charge in [0.15, 0.2) is 0 Å². The summed E-state index contributed by atoms with van der Waals surface area (Å²) in [5.41, 5.74) is 2.75. The Morgan fingerprint density at radius 3 is 2.75 bits per heavy atom. The van der Waals surface area contributed by atoms with Crippen LogP contribution < -0.4 is 5.32 Å². The third-order valence-corrected chi connectivity index (χ3v) is 5.17. The Kier molecular flexibility index (Phi) is 8.22. The van der Waals surface area contributed by atoms with E-state index < -0.39 is 0 Å². The zero-order chi connectivity index (χ0) is 17.4. The minimum atomic E-state index is 0.355. The van der Waals surface area contributed by atoms with E-state index in [2.05, 4.69) is 41.3 Å². The highest BCUT2D eigenvalue weighted by atomic mass is 16.5. The van der Waals surface area contributed by atoms with Gasteiger partial charge in [0.25, 0.3) is 0 Å². The Labute approximate surface area is 147 Å². The van der Waals surface area contributed by atoms with E-state index in [4.69, 9.17) is 4.74 Å². The van der Waals surface area contributed by atoms with Crippen LogP contribution in [0, 0.1) is 5.92 Å². The number of rotatable bonds is 10. The molecular weight excluding hydrogens is 300 g/mol. The van der Waals surface area contributed by atoms with Crippen LogP contribution in [0.25, 0.3) is 0 Å². The molecule has 1 saturated carbocycles. The van der Waals surface area contributed by atoms with E-state index in [1.807, 2.05) is 13.2 Å². The number of likely N-dealkylation sites (N-methyl/N-ethyl adjacent to an activating group) is 2. The first-order chi connectivity index (χ1) is 11.6. The van der Waals surface area contributed by atoms with Gasteiger partial charge in [-0.3, -0.25) is 5.10 Å². The number of ether oxygens (including phenoxy) is 1. The third kappa shape index (κ3) is 6.19. The van der Waals surface area contributed by atoms with Crippen LogP contribution in [-0.4, -0.2) is 55.0 Å². The van der Waals surface area contributed by atoms with Gasteiger partial charge in [-0.25, -0.2) is 0 Å². The van der Waals surface area contributed by atoms with Gasteiger partial charge >= 0.3 is 0 Å². The van der Waals surface area contributed by atoms with Crippen LogP contribution in [0.2, 0.25) is 0 Å². The summed E-state index contributed by atoms with van der Waals surface area (Å²) in [5, 5.41) is 10.8. The molecule has 1 fully saturated rings. The van der Waals surface area contributed by atoms with Gasteiger partial charge in [0.05, 0.1) is 12.3 Å². The summed E-state index contributed by atoms with van der Waals surface area (Å²) < 4.78 is 5.71. The predicted molar refractivity (Wildman–Crippen MR) is 99.3 cm³/mol. The van der Waals surface area contributed by atoms with Crippen molar-refractivity contribution >= 4 is 0 Å². The van der Waals surface area contributed by atoms with Crippen molar-refractivity contribution < 1.29 is 4.74 Å². The second-order valence-corrected chi connectivity index (χ2v) is 7.58. The molecule has 138 valence electrons. The van der Waals surface area contributed by atoms with Gasteiger partial charge in [-0.1, -0.05) is 0 Å². The monoisotopic (exact) mass is 336 g/mol. The van der Waals surface area contributed by atoms with Gasteiger partial charge in [-0.2, -0.15) is 5.10 Å². The lowest BCUT2D eigenvalue weighted by Gasteiger charge is -2.29. The molecule has 1 aromatic heterocycles. The van der Waals surface area contributed by atoms with E-state index in [0.29, 0.717) is 12.0 Å². The van der Waals surface area contributed by atoms with Crippen LogP contribution in [-0.2, 0) is 11.3 Å². The molecule has 1 aliphatic carbocycles. The van der Waals surface area contributed by atoms with E-state index in [1.165, 1.54) is 43.4 Å². The molecule has 2 rings (SSSR count). The summed E-state index contributed by atoms with van der Waals surface area (Å²) in [6.07, 6.45) is 8.79. The van der Waals surface area contributed by atoms with Crippen molar-refractivity contribution in [2.75, 3.05) is 33.8 Å². The standard InChI is InChI=1S/C19H36N4O/c1-15(2)24-12-9-16-5-7-17(8-6-16)19-18(13-21-22-19)14-23(4)11-10-20-3/h13,15-17,20H,5-12,14H2,1-4H3,(H,21,22). The zero-order valence-electron chi connectivity index (χ0n) is 16.0. The van der Waals surface area contributed by atoms with E-state index in [1.54, 1.807) is 0 Å². The summed E-state index contributed by atoms with van der Waals surface area (Å²) in [4.78, 5) is 2.36. The quantitative estimate of drug-likeness (QED) is 0.689. The summed E-state index contributed by atoms with van der Waals surface area (Å²) in [6, 6.07) is 0. The number of aromatic nitrogens is 2. The van der Waals surface area contributed by atoms with Crippen LogP contribution in [0.1, 0.15) is 63.1 Å². The van der Waals surface area contributed by atoms with E-state index in [-0.39, 0.29) is 0 Å². The lowest BCUT2D eigenvalue weighted by atomic mass is 9.78. The summed E-state index contributed by atoms with van der Waals surface area (Å²) in [6.45, 7) is 8.21. The van der Waals surface area contributed by atoms with Crippen molar-refractivity contribution in [1.82, 2.24) is 20.4 Å². The largest absolute Gasteiger partial charge is 0.379 e. The van der Waals surface area contributed by atoms with Gasteiger partial charge in [0.2, 0.25) is 0 Å². The second-order valence-electron chi connectivity index (χ2n) is 7.58. The summed E-state index contributed by atoms with van der Waals surface area (Å²) in [5.74, 6) is 1.49. The molecule has 5 nitrogen and oxygen atoms in total. The Morgan fingerprint density at radius 2 is 2.08 bits per heavy atom. The number of hydrogen-bond donors (Lipinski definition) is 2. The van der Waals surface area contributed by atoms with E-state index in [0.717, 1.165) is 32.2 Å². The number of nitrogens with zero attached hydrogens (tertiary/aromatic N) is 2. The molecule has 0 aliphatic heterocycles. The van der Waals surface area contributed by atoms with Crippen LogP contribution in [0.5, 0.6) is 0 Å². The number of hydrogen-bond acceptors (Lipinski definition) is 4. The number of aromatic amines is 1. The molecular formula is C19H36N4O. The molecule has 0 bridgehead atoms. The first-order valence-corrected chi connectivity index (χ1v) is 9.57. The molecule has 0 spiro atoms. The minimum absolute atomic E-state index is 0.355. The smallest absolute Gasteiger partial charge is 0.0535 e. The Morgan fingerprint density at radius 1 is 1.33 bits per heavy atom. The van der Waals surface area contributed by atoms with E-state index >= 15 is 0 Å². The van der Waals surface area contributed by atoms with Crippen LogP contribution in [0.4, 0.5) is 0 Å². The molecule has 1 heterocycles. The fraction of sp³-hybridized carbons (Fsp3) is 0.842. The predicted octanol–water partition coefficient (Wildman–Crippen LogP) is 3.15. The minimum Gasteiger partial charge on any atom is -0.379 e. The first kappa shape index (κ1) is 19.4. The van der Waals surface area contributed by atoms with Crippen molar-refractivity contribution in [2.45, 2.75) is 64.5 Å². The van der Waals surface area contributed by atoms with Crippen LogP contribution in [0.15, 0.2) is 6.20 Å². The van der Waals surface area contributed by atoms with E-state index in [9.17, 15) is 0 Å². The topological polar surface area (TPSA) is 53.2 Å². The molecule has 24 heavy (non-hydrogen) atoms. The van der Waals surface area contributed by atoms with Crippen LogP contribution >= 0.6 is 0 Å². The summed E-state index contributed by atoms with van der Waals surface area (Å²) >= 11 is 0. The highest BCUT2D eigenvalue weighted by molar-refractivity contribution is 5.21. The third-order valence-electron chi connectivity index (χ3n) is 5.17. The van der Waals surface area contributed by atoms with Gasteiger partial charge in [0.1, 0.15) is 0 Å². The van der Waals surface area contributed by atoms with Gasteiger partial charge in [-0.05, 0) is 66.0 Å². The van der Waals surface area contributed by atoms with Gasteiger partial charge < -0.3 is 15.0 Å². The zero-order valence-corrected chi connectivity index (χ0v) is 16.0. The van der Waals surface area contributed by atoms with Crippen molar-refractivity contribution in [2.24, 2.45) is 5.92 Å². The lowest BCUT2D eigenvalue weighted by molar-refractivity contribution is 0.0640. The highest BCUT2D eigenvalue weighted by Crippen LogP contribution is 2.37. The molecule has 0 amide bonds. The van der Waals surface area contributed by atoms with Gasteiger partial charge in [0, 0.05) is 43.4 Å². The maximum Gasteiger partial charge on any atom is 0.0535 e. The maximum atomic E-state index is 5.71. The number of H-pyrrole nitrogens is 1. The fourth-order valence-electron chi connectivity index (χ4n) is 3.68. The molecule has 0 aromatic carbocycles. The molecule has 0 unspecified atom stereocenters. The average Bonchev–Trinajstić information content (AvgIpc) is 3.01. The molecule has 0 radical (unpaired) electrons. The molecule has 1 aliphatic rings.